The first-order chi connectivity index (χ1) is 7.40. The van der Waals surface area contributed by atoms with E-state index in [1.165, 1.54) is 32.1 Å². The van der Waals surface area contributed by atoms with E-state index in [9.17, 15) is 0 Å². The zero-order valence-corrected chi connectivity index (χ0v) is 9.23. The van der Waals surface area contributed by atoms with Crippen molar-refractivity contribution in [3.63, 3.8) is 0 Å². The molecule has 0 aromatic carbocycles. The third-order valence-corrected chi connectivity index (χ3v) is 3.20. The molecule has 0 radical (unpaired) electrons. The van der Waals surface area contributed by atoms with E-state index < -0.39 is 0 Å². The standard InChI is InChI=1S/C12H20N2O/c15-10-4-5-11-8-9-14(13-11)12-6-2-1-3-7-12/h8-9,12,15H,1-7,10H2. The lowest BCUT2D eigenvalue weighted by atomic mass is 9.96. The molecular formula is C12H20N2O. The van der Waals surface area contributed by atoms with Gasteiger partial charge < -0.3 is 5.11 Å². The molecule has 0 atom stereocenters. The van der Waals surface area contributed by atoms with Crippen LogP contribution in [0.3, 0.4) is 0 Å². The van der Waals surface area contributed by atoms with Crippen LogP contribution in [0.25, 0.3) is 0 Å². The van der Waals surface area contributed by atoms with Crippen LogP contribution in [0.15, 0.2) is 12.3 Å². The summed E-state index contributed by atoms with van der Waals surface area (Å²) in [6.45, 7) is 0.260. The summed E-state index contributed by atoms with van der Waals surface area (Å²) in [6.07, 6.45) is 10.4. The third-order valence-electron chi connectivity index (χ3n) is 3.20. The largest absolute Gasteiger partial charge is 0.396 e. The molecular weight excluding hydrogens is 188 g/mol. The highest BCUT2D eigenvalue weighted by atomic mass is 16.2. The van der Waals surface area contributed by atoms with Gasteiger partial charge in [-0.25, -0.2) is 0 Å². The maximum Gasteiger partial charge on any atom is 0.0625 e. The lowest BCUT2D eigenvalue weighted by Gasteiger charge is -2.21. The van der Waals surface area contributed by atoms with Crippen LogP contribution in [0, 0.1) is 0 Å². The van der Waals surface area contributed by atoms with Crippen LogP contribution >= 0.6 is 0 Å². The Bertz CT molecular complexity index is 290. The quantitative estimate of drug-likeness (QED) is 0.824. The van der Waals surface area contributed by atoms with Crippen molar-refractivity contribution in [2.24, 2.45) is 0 Å². The summed E-state index contributed by atoms with van der Waals surface area (Å²) in [7, 11) is 0. The molecule has 1 aromatic heterocycles. The second-order valence-corrected chi connectivity index (χ2v) is 4.41. The summed E-state index contributed by atoms with van der Waals surface area (Å²) in [5.74, 6) is 0. The molecule has 84 valence electrons. The van der Waals surface area contributed by atoms with Crippen LogP contribution in [0.4, 0.5) is 0 Å². The van der Waals surface area contributed by atoms with Crippen LogP contribution in [0.1, 0.15) is 50.3 Å². The lowest BCUT2D eigenvalue weighted by molar-refractivity contribution is 0.287. The molecule has 3 nitrogen and oxygen atoms in total. The number of aliphatic hydroxyl groups is 1. The highest BCUT2D eigenvalue weighted by molar-refractivity contribution is 5.00. The number of aryl methyl sites for hydroxylation is 1. The highest BCUT2D eigenvalue weighted by Gasteiger charge is 2.15. The molecule has 1 aromatic rings. The molecule has 0 unspecified atom stereocenters. The summed E-state index contributed by atoms with van der Waals surface area (Å²) < 4.78 is 2.13. The van der Waals surface area contributed by atoms with E-state index in [-0.39, 0.29) is 6.61 Å². The molecule has 2 rings (SSSR count). The van der Waals surface area contributed by atoms with E-state index in [1.54, 1.807) is 0 Å². The first-order valence-corrected chi connectivity index (χ1v) is 6.05. The fourth-order valence-electron chi connectivity index (χ4n) is 2.32. The second kappa shape index (κ2) is 5.31. The van der Waals surface area contributed by atoms with Gasteiger partial charge in [-0.2, -0.15) is 5.10 Å². The molecule has 1 N–H and O–H groups in total. The molecule has 1 aliphatic carbocycles. The molecule has 15 heavy (non-hydrogen) atoms. The summed E-state index contributed by atoms with van der Waals surface area (Å²) >= 11 is 0. The van der Waals surface area contributed by atoms with Crippen LogP contribution in [0.2, 0.25) is 0 Å². The Balaban J connectivity index is 1.93. The van der Waals surface area contributed by atoms with E-state index in [1.807, 2.05) is 0 Å². The van der Waals surface area contributed by atoms with Gasteiger partial charge >= 0.3 is 0 Å². The second-order valence-electron chi connectivity index (χ2n) is 4.41. The zero-order chi connectivity index (χ0) is 10.5. The van der Waals surface area contributed by atoms with Gasteiger partial charge in [0, 0.05) is 12.8 Å². The summed E-state index contributed by atoms with van der Waals surface area (Å²) in [4.78, 5) is 0. The molecule has 0 aliphatic heterocycles. The van der Waals surface area contributed by atoms with Gasteiger partial charge in [-0.05, 0) is 31.7 Å². The Morgan fingerprint density at radius 1 is 1.33 bits per heavy atom. The van der Waals surface area contributed by atoms with Crippen molar-refractivity contribution in [1.29, 1.82) is 0 Å². The number of aromatic nitrogens is 2. The predicted octanol–water partition coefficient (Wildman–Crippen LogP) is 2.31. The lowest BCUT2D eigenvalue weighted by Crippen LogP contribution is -2.13. The molecule has 0 amide bonds. The third kappa shape index (κ3) is 2.81. The van der Waals surface area contributed by atoms with Gasteiger partial charge in [0.1, 0.15) is 0 Å². The number of hydrogen-bond acceptors (Lipinski definition) is 2. The van der Waals surface area contributed by atoms with Gasteiger partial charge in [-0.1, -0.05) is 19.3 Å². The zero-order valence-electron chi connectivity index (χ0n) is 9.23. The van der Waals surface area contributed by atoms with E-state index >= 15 is 0 Å². The van der Waals surface area contributed by atoms with Gasteiger partial charge in [0.05, 0.1) is 11.7 Å². The molecule has 0 spiro atoms. The minimum atomic E-state index is 0.260. The van der Waals surface area contributed by atoms with Gasteiger partial charge in [0.15, 0.2) is 0 Å². The SMILES string of the molecule is OCCCc1ccn(C2CCCCC2)n1. The summed E-state index contributed by atoms with van der Waals surface area (Å²) in [6, 6.07) is 2.71. The fourth-order valence-corrected chi connectivity index (χ4v) is 2.32. The van der Waals surface area contributed by atoms with Crippen LogP contribution < -0.4 is 0 Å². The van der Waals surface area contributed by atoms with Gasteiger partial charge in [0.2, 0.25) is 0 Å². The van der Waals surface area contributed by atoms with E-state index in [4.69, 9.17) is 5.11 Å². The van der Waals surface area contributed by atoms with Crippen LogP contribution in [-0.4, -0.2) is 21.5 Å². The molecule has 3 heteroatoms. The monoisotopic (exact) mass is 208 g/mol. The summed E-state index contributed by atoms with van der Waals surface area (Å²) in [5, 5.41) is 13.3. The molecule has 0 bridgehead atoms. The Hall–Kier alpha value is -0.830. The minimum absolute atomic E-state index is 0.260. The minimum Gasteiger partial charge on any atom is -0.396 e. The normalized spacial score (nSPS) is 18.2. The molecule has 1 fully saturated rings. The van der Waals surface area contributed by atoms with Gasteiger partial charge in [0.25, 0.3) is 0 Å². The maximum atomic E-state index is 8.75. The number of hydrogen-bond donors (Lipinski definition) is 1. The number of nitrogens with zero attached hydrogens (tertiary/aromatic N) is 2. The van der Waals surface area contributed by atoms with Crippen molar-refractivity contribution < 1.29 is 5.11 Å². The highest BCUT2D eigenvalue weighted by Crippen LogP contribution is 2.27. The van der Waals surface area contributed by atoms with Crippen molar-refractivity contribution in [1.82, 2.24) is 9.78 Å². The predicted molar refractivity (Wildman–Crippen MR) is 59.8 cm³/mol. The van der Waals surface area contributed by atoms with Crippen LogP contribution in [-0.2, 0) is 6.42 Å². The first kappa shape index (κ1) is 10.7. The van der Waals surface area contributed by atoms with Crippen molar-refractivity contribution in [3.8, 4) is 0 Å². The summed E-state index contributed by atoms with van der Waals surface area (Å²) in [5.41, 5.74) is 1.12. The smallest absolute Gasteiger partial charge is 0.0625 e. The fraction of sp³-hybridized carbons (Fsp3) is 0.750. The Labute approximate surface area is 91.1 Å². The maximum absolute atomic E-state index is 8.75. The van der Waals surface area contributed by atoms with Crippen molar-refractivity contribution >= 4 is 0 Å². The molecule has 1 aliphatic rings. The van der Waals surface area contributed by atoms with Crippen LogP contribution in [0.5, 0.6) is 0 Å². The van der Waals surface area contributed by atoms with Crippen molar-refractivity contribution in [3.05, 3.63) is 18.0 Å². The molecule has 1 heterocycles. The molecule has 1 saturated carbocycles. The van der Waals surface area contributed by atoms with Crippen molar-refractivity contribution in [2.45, 2.75) is 51.0 Å². The Kier molecular flexibility index (Phi) is 3.78. The first-order valence-electron chi connectivity index (χ1n) is 6.05. The van der Waals surface area contributed by atoms with Crippen molar-refractivity contribution in [2.75, 3.05) is 6.61 Å². The van der Waals surface area contributed by atoms with E-state index in [0.717, 1.165) is 18.5 Å². The van der Waals surface area contributed by atoms with E-state index in [2.05, 4.69) is 22.0 Å². The number of aliphatic hydroxyl groups excluding tert-OH is 1. The van der Waals surface area contributed by atoms with Gasteiger partial charge in [-0.15, -0.1) is 0 Å². The Morgan fingerprint density at radius 3 is 2.87 bits per heavy atom. The molecule has 0 saturated heterocycles. The average molecular weight is 208 g/mol. The van der Waals surface area contributed by atoms with E-state index in [0.29, 0.717) is 6.04 Å². The Morgan fingerprint density at radius 2 is 2.13 bits per heavy atom. The average Bonchev–Trinajstić information content (AvgIpc) is 2.76. The number of rotatable bonds is 4. The van der Waals surface area contributed by atoms with Gasteiger partial charge in [-0.3, -0.25) is 4.68 Å². The topological polar surface area (TPSA) is 38.0 Å².